The smallest absolute Gasteiger partial charge is 0.253 e. The fourth-order valence-corrected chi connectivity index (χ4v) is 2.93. The van der Waals surface area contributed by atoms with Gasteiger partial charge in [-0.3, -0.25) is 9.69 Å². The monoisotopic (exact) mass is 308 g/mol. The summed E-state index contributed by atoms with van der Waals surface area (Å²) < 4.78 is 0.963. The fourth-order valence-electron chi connectivity index (χ4n) is 2.53. The summed E-state index contributed by atoms with van der Waals surface area (Å²) in [5.41, 5.74) is 0.782. The summed E-state index contributed by atoms with van der Waals surface area (Å²) in [6.07, 6.45) is 2.69. The molecule has 1 saturated carbocycles. The minimum Gasteiger partial charge on any atom is -0.336 e. The van der Waals surface area contributed by atoms with Gasteiger partial charge in [0.2, 0.25) is 0 Å². The largest absolute Gasteiger partial charge is 0.336 e. The topological polar surface area (TPSA) is 23.6 Å². The number of carbonyl (C=O) groups is 1. The summed E-state index contributed by atoms with van der Waals surface area (Å²) in [5, 5.41) is 0. The number of nitrogens with zero attached hydrogens (tertiary/aromatic N) is 2. The van der Waals surface area contributed by atoms with E-state index in [1.807, 2.05) is 29.2 Å². The first kappa shape index (κ1) is 12.2. The zero-order chi connectivity index (χ0) is 12.5. The minimum absolute atomic E-state index is 0.159. The molecule has 0 N–H and O–H groups in total. The van der Waals surface area contributed by atoms with Crippen molar-refractivity contribution >= 4 is 21.8 Å². The number of halogens is 1. The Morgan fingerprint density at radius 1 is 1.17 bits per heavy atom. The standard InChI is InChI=1S/C14H17BrN2O/c15-12-3-1-2-11(10-12)14(18)17-8-6-16(7-9-17)13-4-5-13/h1-3,10,13H,4-9H2. The molecule has 0 unspecified atom stereocenters. The van der Waals surface area contributed by atoms with Gasteiger partial charge in [-0.1, -0.05) is 22.0 Å². The molecule has 0 radical (unpaired) electrons. The summed E-state index contributed by atoms with van der Waals surface area (Å²) >= 11 is 3.41. The number of benzene rings is 1. The van der Waals surface area contributed by atoms with Crippen molar-refractivity contribution in [2.45, 2.75) is 18.9 Å². The second-order valence-electron chi connectivity index (χ2n) is 5.07. The summed E-state index contributed by atoms with van der Waals surface area (Å²) in [6, 6.07) is 8.46. The average molecular weight is 309 g/mol. The maximum absolute atomic E-state index is 12.3. The quantitative estimate of drug-likeness (QED) is 0.837. The van der Waals surface area contributed by atoms with E-state index in [1.54, 1.807) is 0 Å². The van der Waals surface area contributed by atoms with Gasteiger partial charge < -0.3 is 4.90 Å². The Labute approximate surface area is 116 Å². The van der Waals surface area contributed by atoms with Gasteiger partial charge in [0.05, 0.1) is 0 Å². The summed E-state index contributed by atoms with van der Waals surface area (Å²) in [5.74, 6) is 0.159. The minimum atomic E-state index is 0.159. The van der Waals surface area contributed by atoms with Crippen LogP contribution in [-0.2, 0) is 0 Å². The van der Waals surface area contributed by atoms with Crippen LogP contribution in [0, 0.1) is 0 Å². The van der Waals surface area contributed by atoms with Crippen molar-refractivity contribution < 1.29 is 4.79 Å². The average Bonchev–Trinajstić information content (AvgIpc) is 3.22. The first-order chi connectivity index (χ1) is 8.74. The lowest BCUT2D eigenvalue weighted by Gasteiger charge is -2.34. The van der Waals surface area contributed by atoms with Crippen molar-refractivity contribution in [1.82, 2.24) is 9.80 Å². The van der Waals surface area contributed by atoms with E-state index >= 15 is 0 Å². The fraction of sp³-hybridized carbons (Fsp3) is 0.500. The lowest BCUT2D eigenvalue weighted by molar-refractivity contribution is 0.0627. The first-order valence-electron chi connectivity index (χ1n) is 6.53. The predicted octanol–water partition coefficient (Wildman–Crippen LogP) is 2.37. The van der Waals surface area contributed by atoms with Gasteiger partial charge in [0.1, 0.15) is 0 Å². The van der Waals surface area contributed by atoms with Crippen molar-refractivity contribution in [1.29, 1.82) is 0 Å². The second-order valence-corrected chi connectivity index (χ2v) is 5.99. The van der Waals surface area contributed by atoms with Crippen LogP contribution < -0.4 is 0 Å². The first-order valence-corrected chi connectivity index (χ1v) is 7.32. The summed E-state index contributed by atoms with van der Waals surface area (Å²) in [7, 11) is 0. The Kier molecular flexibility index (Phi) is 3.39. The van der Waals surface area contributed by atoms with Crippen molar-refractivity contribution in [2.24, 2.45) is 0 Å². The Morgan fingerprint density at radius 2 is 1.89 bits per heavy atom. The molecule has 1 aliphatic carbocycles. The molecule has 1 heterocycles. The van der Waals surface area contributed by atoms with Gasteiger partial charge in [-0.25, -0.2) is 0 Å². The van der Waals surface area contributed by atoms with Crippen LogP contribution in [0.1, 0.15) is 23.2 Å². The maximum Gasteiger partial charge on any atom is 0.253 e. The summed E-state index contributed by atoms with van der Waals surface area (Å²) in [6.45, 7) is 3.79. The normalized spacial score (nSPS) is 21.1. The zero-order valence-corrected chi connectivity index (χ0v) is 11.9. The molecule has 1 saturated heterocycles. The highest BCUT2D eigenvalue weighted by Gasteiger charge is 2.32. The highest BCUT2D eigenvalue weighted by molar-refractivity contribution is 9.10. The van der Waals surface area contributed by atoms with Crippen LogP contribution in [0.25, 0.3) is 0 Å². The molecule has 4 heteroatoms. The lowest BCUT2D eigenvalue weighted by atomic mass is 10.2. The van der Waals surface area contributed by atoms with Gasteiger partial charge in [0, 0.05) is 42.3 Å². The predicted molar refractivity (Wildman–Crippen MR) is 74.6 cm³/mol. The highest BCUT2D eigenvalue weighted by Crippen LogP contribution is 2.27. The number of piperazine rings is 1. The van der Waals surface area contributed by atoms with E-state index in [2.05, 4.69) is 20.8 Å². The van der Waals surface area contributed by atoms with Crippen molar-refractivity contribution in [3.63, 3.8) is 0 Å². The molecule has 3 rings (SSSR count). The molecule has 2 aliphatic rings. The van der Waals surface area contributed by atoms with Gasteiger partial charge >= 0.3 is 0 Å². The molecule has 0 aromatic heterocycles. The second kappa shape index (κ2) is 5.02. The van der Waals surface area contributed by atoms with Crippen LogP contribution in [-0.4, -0.2) is 47.9 Å². The lowest BCUT2D eigenvalue weighted by Crippen LogP contribution is -2.49. The van der Waals surface area contributed by atoms with Crippen LogP contribution in [0.2, 0.25) is 0 Å². The summed E-state index contributed by atoms with van der Waals surface area (Å²) in [4.78, 5) is 16.8. The molecule has 18 heavy (non-hydrogen) atoms. The van der Waals surface area contributed by atoms with Gasteiger partial charge in [-0.15, -0.1) is 0 Å². The molecule has 2 fully saturated rings. The van der Waals surface area contributed by atoms with Crippen LogP contribution in [0.3, 0.4) is 0 Å². The van der Waals surface area contributed by atoms with Crippen molar-refractivity contribution in [3.8, 4) is 0 Å². The van der Waals surface area contributed by atoms with E-state index in [4.69, 9.17) is 0 Å². The molecule has 1 aromatic rings. The molecule has 0 bridgehead atoms. The van der Waals surface area contributed by atoms with Crippen LogP contribution in [0.4, 0.5) is 0 Å². The molecule has 0 atom stereocenters. The van der Waals surface area contributed by atoms with Gasteiger partial charge in [0.25, 0.3) is 5.91 Å². The molecule has 0 spiro atoms. The van der Waals surface area contributed by atoms with E-state index in [-0.39, 0.29) is 5.91 Å². The number of hydrogen-bond donors (Lipinski definition) is 0. The van der Waals surface area contributed by atoms with Crippen LogP contribution in [0.5, 0.6) is 0 Å². The Balaban J connectivity index is 1.63. The molecular weight excluding hydrogens is 292 g/mol. The third-order valence-corrected chi connectivity index (χ3v) is 4.23. The van der Waals surface area contributed by atoms with E-state index in [1.165, 1.54) is 12.8 Å². The van der Waals surface area contributed by atoms with E-state index < -0.39 is 0 Å². The van der Waals surface area contributed by atoms with E-state index in [0.717, 1.165) is 42.3 Å². The van der Waals surface area contributed by atoms with Crippen LogP contribution in [0.15, 0.2) is 28.7 Å². The van der Waals surface area contributed by atoms with Gasteiger partial charge in [-0.2, -0.15) is 0 Å². The molecule has 1 aliphatic heterocycles. The molecule has 1 aromatic carbocycles. The maximum atomic E-state index is 12.3. The Morgan fingerprint density at radius 3 is 2.50 bits per heavy atom. The number of carbonyl (C=O) groups excluding carboxylic acids is 1. The van der Waals surface area contributed by atoms with Crippen LogP contribution >= 0.6 is 15.9 Å². The third kappa shape index (κ3) is 2.59. The Hall–Kier alpha value is -0.870. The molecule has 1 amide bonds. The number of rotatable bonds is 2. The molecule has 96 valence electrons. The zero-order valence-electron chi connectivity index (χ0n) is 10.3. The molecule has 3 nitrogen and oxygen atoms in total. The number of amides is 1. The van der Waals surface area contributed by atoms with E-state index in [0.29, 0.717) is 0 Å². The van der Waals surface area contributed by atoms with Gasteiger partial charge in [0.15, 0.2) is 0 Å². The number of hydrogen-bond acceptors (Lipinski definition) is 2. The van der Waals surface area contributed by atoms with Crippen molar-refractivity contribution in [3.05, 3.63) is 34.3 Å². The highest BCUT2D eigenvalue weighted by atomic mass is 79.9. The van der Waals surface area contributed by atoms with Crippen molar-refractivity contribution in [2.75, 3.05) is 26.2 Å². The third-order valence-electron chi connectivity index (χ3n) is 3.74. The van der Waals surface area contributed by atoms with Gasteiger partial charge in [-0.05, 0) is 31.0 Å². The van der Waals surface area contributed by atoms with E-state index in [9.17, 15) is 4.79 Å². The Bertz CT molecular complexity index is 451. The SMILES string of the molecule is O=C(c1cccc(Br)c1)N1CCN(C2CC2)CC1. The molecular formula is C14H17BrN2O.